The minimum Gasteiger partial charge on any atom is -0.368 e. The second kappa shape index (κ2) is 6.78. The molecule has 142 valence electrons. The van der Waals surface area contributed by atoms with Crippen LogP contribution in [0.4, 0.5) is 10.1 Å². The summed E-state index contributed by atoms with van der Waals surface area (Å²) in [5.41, 5.74) is 4.61. The van der Waals surface area contributed by atoms with E-state index in [1.54, 1.807) is 12.1 Å². The number of aromatic nitrogens is 1. The van der Waals surface area contributed by atoms with Crippen molar-refractivity contribution in [3.8, 4) is 11.3 Å². The first-order valence-corrected chi connectivity index (χ1v) is 9.57. The van der Waals surface area contributed by atoms with E-state index in [2.05, 4.69) is 16.1 Å². The van der Waals surface area contributed by atoms with E-state index < -0.39 is 0 Å². The van der Waals surface area contributed by atoms with Gasteiger partial charge in [0.2, 0.25) is 0 Å². The summed E-state index contributed by atoms with van der Waals surface area (Å²) in [5.74, 6) is 0.424. The second-order valence-electron chi connectivity index (χ2n) is 7.25. The molecule has 2 heterocycles. The van der Waals surface area contributed by atoms with Crippen molar-refractivity contribution in [2.75, 3.05) is 31.1 Å². The van der Waals surface area contributed by atoms with Gasteiger partial charge in [-0.1, -0.05) is 29.4 Å². The molecular weight excluding hydrogens is 357 g/mol. The highest BCUT2D eigenvalue weighted by Crippen LogP contribution is 2.35. The Labute approximate surface area is 162 Å². The smallest absolute Gasteiger partial charge is 0.276 e. The summed E-state index contributed by atoms with van der Waals surface area (Å²) in [6, 6.07) is 14.6. The molecule has 0 bridgehead atoms. The van der Waals surface area contributed by atoms with Crippen molar-refractivity contribution in [2.45, 2.75) is 12.8 Å². The molecule has 2 aliphatic rings. The first kappa shape index (κ1) is 17.0. The molecule has 2 aromatic carbocycles. The Hall–Kier alpha value is -3.15. The van der Waals surface area contributed by atoms with Crippen LogP contribution in [-0.4, -0.2) is 42.1 Å². The van der Waals surface area contributed by atoms with E-state index in [0.29, 0.717) is 31.9 Å². The number of fused-ring (bicyclic) bond motifs is 3. The first-order valence-electron chi connectivity index (χ1n) is 9.57. The fourth-order valence-corrected chi connectivity index (χ4v) is 4.11. The quantitative estimate of drug-likeness (QED) is 0.685. The van der Waals surface area contributed by atoms with Crippen molar-refractivity contribution in [1.82, 2.24) is 10.1 Å². The summed E-state index contributed by atoms with van der Waals surface area (Å²) in [7, 11) is 0. The van der Waals surface area contributed by atoms with E-state index in [9.17, 15) is 9.18 Å². The van der Waals surface area contributed by atoms with Gasteiger partial charge in [-0.3, -0.25) is 4.79 Å². The Morgan fingerprint density at radius 3 is 2.50 bits per heavy atom. The summed E-state index contributed by atoms with van der Waals surface area (Å²) < 4.78 is 18.7. The Kier molecular flexibility index (Phi) is 4.11. The average molecular weight is 377 g/mol. The number of halogens is 1. The maximum Gasteiger partial charge on any atom is 0.276 e. The highest BCUT2D eigenvalue weighted by Gasteiger charge is 2.31. The maximum absolute atomic E-state index is 13.1. The predicted octanol–water partition coefficient (Wildman–Crippen LogP) is 3.54. The minimum absolute atomic E-state index is 0.0665. The van der Waals surface area contributed by atoms with Gasteiger partial charge in [0.05, 0.1) is 0 Å². The lowest BCUT2D eigenvalue weighted by molar-refractivity contribution is 0.0735. The third-order valence-electron chi connectivity index (χ3n) is 5.66. The van der Waals surface area contributed by atoms with Crippen molar-refractivity contribution in [1.29, 1.82) is 0 Å². The fourth-order valence-electron chi connectivity index (χ4n) is 4.11. The van der Waals surface area contributed by atoms with Crippen LogP contribution < -0.4 is 4.90 Å². The second-order valence-corrected chi connectivity index (χ2v) is 7.25. The molecule has 5 nitrogen and oxygen atoms in total. The third-order valence-corrected chi connectivity index (χ3v) is 5.66. The summed E-state index contributed by atoms with van der Waals surface area (Å²) in [4.78, 5) is 17.1. The van der Waals surface area contributed by atoms with Gasteiger partial charge >= 0.3 is 0 Å². The molecule has 0 spiro atoms. The molecule has 0 unspecified atom stereocenters. The van der Waals surface area contributed by atoms with Crippen LogP contribution in [-0.2, 0) is 12.8 Å². The number of amides is 1. The molecule has 0 atom stereocenters. The number of nitrogens with zero attached hydrogens (tertiary/aromatic N) is 3. The topological polar surface area (TPSA) is 49.6 Å². The van der Waals surface area contributed by atoms with Gasteiger partial charge in [-0.25, -0.2) is 4.39 Å². The Balaban J connectivity index is 1.32. The van der Waals surface area contributed by atoms with Crippen LogP contribution in [0.2, 0.25) is 0 Å². The van der Waals surface area contributed by atoms with Gasteiger partial charge in [-0.05, 0) is 42.7 Å². The van der Waals surface area contributed by atoms with Crippen molar-refractivity contribution in [3.63, 3.8) is 0 Å². The monoisotopic (exact) mass is 377 g/mol. The van der Waals surface area contributed by atoms with Crippen LogP contribution in [0, 0.1) is 5.82 Å². The number of benzene rings is 2. The summed E-state index contributed by atoms with van der Waals surface area (Å²) in [6.45, 7) is 2.63. The molecular formula is C22H20FN3O2. The van der Waals surface area contributed by atoms with E-state index in [1.165, 1.54) is 17.7 Å². The molecule has 1 aliphatic carbocycles. The van der Waals surface area contributed by atoms with Gasteiger partial charge in [0.25, 0.3) is 5.91 Å². The number of aryl methyl sites for hydroxylation is 1. The molecule has 1 saturated heterocycles. The molecule has 1 fully saturated rings. The van der Waals surface area contributed by atoms with Crippen LogP contribution in [0.5, 0.6) is 0 Å². The molecule has 6 heteroatoms. The molecule has 0 N–H and O–H groups in total. The highest BCUT2D eigenvalue weighted by atomic mass is 19.1. The number of carbonyl (C=O) groups excluding carboxylic acids is 1. The van der Waals surface area contributed by atoms with Crippen LogP contribution in [0.1, 0.15) is 21.6 Å². The number of hydrogen-bond donors (Lipinski definition) is 0. The molecule has 28 heavy (non-hydrogen) atoms. The number of carbonyl (C=O) groups is 1. The maximum atomic E-state index is 13.1. The molecule has 1 aliphatic heterocycles. The van der Waals surface area contributed by atoms with Crippen molar-refractivity contribution in [2.24, 2.45) is 0 Å². The standard InChI is InChI=1S/C22H20FN3O2/c23-16-6-8-17(9-7-16)25-11-13-26(14-12-25)22(27)20-19-10-5-15-3-1-2-4-18(15)21(19)28-24-20/h1-4,6-9H,5,10-14H2. The largest absolute Gasteiger partial charge is 0.368 e. The fraction of sp³-hybridized carbons (Fsp3) is 0.273. The number of anilines is 1. The van der Waals surface area contributed by atoms with Gasteiger partial charge in [0, 0.05) is 43.0 Å². The predicted molar refractivity (Wildman–Crippen MR) is 104 cm³/mol. The highest BCUT2D eigenvalue weighted by molar-refractivity contribution is 5.95. The Morgan fingerprint density at radius 2 is 1.71 bits per heavy atom. The number of piperazine rings is 1. The van der Waals surface area contributed by atoms with Crippen LogP contribution in [0.3, 0.4) is 0 Å². The zero-order valence-electron chi connectivity index (χ0n) is 15.4. The molecule has 0 radical (unpaired) electrons. The normalized spacial score (nSPS) is 15.9. The van der Waals surface area contributed by atoms with Crippen molar-refractivity contribution in [3.05, 3.63) is 71.2 Å². The molecule has 0 saturated carbocycles. The zero-order valence-corrected chi connectivity index (χ0v) is 15.4. The van der Waals surface area contributed by atoms with Gasteiger partial charge in [-0.15, -0.1) is 0 Å². The van der Waals surface area contributed by atoms with Crippen molar-refractivity contribution < 1.29 is 13.7 Å². The van der Waals surface area contributed by atoms with Crippen LogP contribution in [0.15, 0.2) is 53.1 Å². The van der Waals surface area contributed by atoms with Crippen LogP contribution in [0.25, 0.3) is 11.3 Å². The average Bonchev–Trinajstić information content (AvgIpc) is 3.18. The lowest BCUT2D eigenvalue weighted by Crippen LogP contribution is -2.49. The van der Waals surface area contributed by atoms with E-state index in [4.69, 9.17) is 4.52 Å². The van der Waals surface area contributed by atoms with Gasteiger partial charge < -0.3 is 14.3 Å². The summed E-state index contributed by atoms with van der Waals surface area (Å²) >= 11 is 0. The van der Waals surface area contributed by atoms with Gasteiger partial charge in [-0.2, -0.15) is 0 Å². The lowest BCUT2D eigenvalue weighted by Gasteiger charge is -2.36. The van der Waals surface area contributed by atoms with Crippen LogP contribution >= 0.6 is 0 Å². The lowest BCUT2D eigenvalue weighted by atomic mass is 9.89. The van der Waals surface area contributed by atoms with E-state index in [-0.39, 0.29) is 11.7 Å². The Morgan fingerprint density at radius 1 is 0.964 bits per heavy atom. The number of hydrogen-bond acceptors (Lipinski definition) is 4. The van der Waals surface area contributed by atoms with E-state index in [0.717, 1.165) is 35.4 Å². The minimum atomic E-state index is -0.241. The van der Waals surface area contributed by atoms with E-state index in [1.807, 2.05) is 23.1 Å². The van der Waals surface area contributed by atoms with E-state index >= 15 is 0 Å². The molecule has 5 rings (SSSR count). The zero-order chi connectivity index (χ0) is 19.1. The van der Waals surface area contributed by atoms with Gasteiger partial charge in [0.1, 0.15) is 5.82 Å². The van der Waals surface area contributed by atoms with Gasteiger partial charge in [0.15, 0.2) is 11.5 Å². The Bertz CT molecular complexity index is 1020. The van der Waals surface area contributed by atoms with Crippen molar-refractivity contribution >= 4 is 11.6 Å². The summed E-state index contributed by atoms with van der Waals surface area (Å²) in [6.07, 6.45) is 1.66. The molecule has 1 amide bonds. The summed E-state index contributed by atoms with van der Waals surface area (Å²) in [5, 5.41) is 4.14. The number of rotatable bonds is 2. The molecule has 3 aromatic rings. The third kappa shape index (κ3) is 2.85. The SMILES string of the molecule is O=C(c1noc2c1CCc1ccccc1-2)N1CCN(c2ccc(F)cc2)CC1. The first-order chi connectivity index (χ1) is 13.7. The molecule has 1 aromatic heterocycles.